The van der Waals surface area contributed by atoms with Crippen LogP contribution in [0.3, 0.4) is 0 Å². The van der Waals surface area contributed by atoms with Gasteiger partial charge in [-0.15, -0.1) is 11.3 Å². The van der Waals surface area contributed by atoms with Crippen molar-refractivity contribution < 1.29 is 14.0 Å². The first kappa shape index (κ1) is 23.0. The summed E-state index contributed by atoms with van der Waals surface area (Å²) in [4.78, 5) is 44.0. The van der Waals surface area contributed by atoms with Crippen LogP contribution in [0, 0.1) is 5.82 Å². The molecule has 33 heavy (non-hydrogen) atoms. The number of fused-ring (bicyclic) bond motifs is 1. The van der Waals surface area contributed by atoms with Crippen LogP contribution in [-0.2, 0) is 17.9 Å². The molecule has 3 aromatic rings. The number of thiophene rings is 1. The van der Waals surface area contributed by atoms with Gasteiger partial charge in [-0.25, -0.2) is 4.39 Å². The number of aryl methyl sites for hydroxylation is 1. The number of hydrogen-bond donors (Lipinski definition) is 0. The molecule has 4 rings (SSSR count). The summed E-state index contributed by atoms with van der Waals surface area (Å²) in [5, 5.41) is 2.13. The van der Waals surface area contributed by atoms with Crippen molar-refractivity contribution in [3.05, 3.63) is 62.3 Å². The molecule has 0 unspecified atom stereocenters. The van der Waals surface area contributed by atoms with Crippen molar-refractivity contribution in [2.45, 2.75) is 26.9 Å². The number of halogens is 1. The Kier molecular flexibility index (Phi) is 6.51. The Bertz CT molecular complexity index is 1250. The van der Waals surface area contributed by atoms with Gasteiger partial charge in [-0.2, -0.15) is 0 Å². The number of amides is 2. The molecule has 0 radical (unpaired) electrons. The molecule has 0 bridgehead atoms. The number of anilines is 1. The molecule has 2 aromatic heterocycles. The van der Waals surface area contributed by atoms with Gasteiger partial charge in [-0.1, -0.05) is 6.07 Å². The zero-order chi connectivity index (χ0) is 23.7. The maximum atomic E-state index is 15.2. The summed E-state index contributed by atoms with van der Waals surface area (Å²) < 4.78 is 17.0. The molecule has 2 amide bonds. The molecule has 174 valence electrons. The largest absolute Gasteiger partial charge is 0.366 e. The van der Waals surface area contributed by atoms with Crippen LogP contribution in [-0.4, -0.2) is 59.4 Å². The number of piperazine rings is 1. The van der Waals surface area contributed by atoms with E-state index in [0.29, 0.717) is 50.5 Å². The molecule has 3 heterocycles. The quantitative estimate of drug-likeness (QED) is 0.575. The predicted octanol–water partition coefficient (Wildman–Crippen LogP) is 3.16. The van der Waals surface area contributed by atoms with E-state index in [0.717, 1.165) is 4.88 Å². The summed E-state index contributed by atoms with van der Waals surface area (Å²) in [6.07, 6.45) is 1.58. The molecule has 1 aromatic carbocycles. The van der Waals surface area contributed by atoms with Gasteiger partial charge >= 0.3 is 0 Å². The molecule has 1 saturated heterocycles. The molecule has 9 heteroatoms. The minimum absolute atomic E-state index is 0.00898. The van der Waals surface area contributed by atoms with Gasteiger partial charge in [-0.05, 0) is 30.5 Å². The third-order valence-electron chi connectivity index (χ3n) is 6.11. The molecule has 1 fully saturated rings. The molecule has 1 aliphatic heterocycles. The predicted molar refractivity (Wildman–Crippen MR) is 128 cm³/mol. The molecule has 0 saturated carbocycles. The van der Waals surface area contributed by atoms with E-state index in [-0.39, 0.29) is 22.8 Å². The summed E-state index contributed by atoms with van der Waals surface area (Å²) in [6.45, 7) is 6.46. The van der Waals surface area contributed by atoms with Crippen molar-refractivity contribution in [3.8, 4) is 0 Å². The number of benzene rings is 1. The molecular formula is C24H27FN4O3S. The third-order valence-corrected chi connectivity index (χ3v) is 6.97. The first-order valence-corrected chi connectivity index (χ1v) is 11.8. The number of carbonyl (C=O) groups excluding carboxylic acids is 2. The third kappa shape index (κ3) is 4.50. The average Bonchev–Trinajstić information content (AvgIpc) is 3.32. The normalized spacial score (nSPS) is 14.1. The number of rotatable bonds is 5. The summed E-state index contributed by atoms with van der Waals surface area (Å²) in [5.41, 5.74) is 0.557. The first-order chi connectivity index (χ1) is 15.8. The highest BCUT2D eigenvalue weighted by molar-refractivity contribution is 7.09. The lowest BCUT2D eigenvalue weighted by Gasteiger charge is -2.36. The maximum Gasteiger partial charge on any atom is 0.259 e. The van der Waals surface area contributed by atoms with Gasteiger partial charge in [0.25, 0.3) is 5.91 Å². The van der Waals surface area contributed by atoms with E-state index >= 15 is 4.39 Å². The summed E-state index contributed by atoms with van der Waals surface area (Å²) in [6, 6.07) is 6.78. The Morgan fingerprint density at radius 1 is 1.18 bits per heavy atom. The lowest BCUT2D eigenvalue weighted by molar-refractivity contribution is -0.129. The second kappa shape index (κ2) is 9.35. The van der Waals surface area contributed by atoms with Crippen molar-refractivity contribution >= 4 is 39.7 Å². The summed E-state index contributed by atoms with van der Waals surface area (Å²) >= 11 is 1.54. The highest BCUT2D eigenvalue weighted by Crippen LogP contribution is 2.26. The minimum Gasteiger partial charge on any atom is -0.366 e. The van der Waals surface area contributed by atoms with Crippen molar-refractivity contribution in [3.63, 3.8) is 0 Å². The van der Waals surface area contributed by atoms with Crippen LogP contribution in [0.4, 0.5) is 10.1 Å². The van der Waals surface area contributed by atoms with E-state index in [2.05, 4.69) is 0 Å². The monoisotopic (exact) mass is 470 g/mol. The van der Waals surface area contributed by atoms with E-state index in [1.165, 1.54) is 17.9 Å². The number of nitrogens with zero attached hydrogens (tertiary/aromatic N) is 4. The zero-order valence-corrected chi connectivity index (χ0v) is 19.8. The van der Waals surface area contributed by atoms with Gasteiger partial charge < -0.3 is 19.3 Å². The lowest BCUT2D eigenvalue weighted by atomic mass is 10.1. The molecular weight excluding hydrogens is 443 g/mol. The van der Waals surface area contributed by atoms with Crippen molar-refractivity contribution in [1.82, 2.24) is 14.4 Å². The van der Waals surface area contributed by atoms with Crippen LogP contribution in [0.1, 0.15) is 29.1 Å². The van der Waals surface area contributed by atoms with Gasteiger partial charge in [-0.3, -0.25) is 14.4 Å². The van der Waals surface area contributed by atoms with Crippen LogP contribution in [0.15, 0.2) is 40.6 Å². The Balaban J connectivity index is 1.69. The van der Waals surface area contributed by atoms with Crippen LogP contribution >= 0.6 is 11.3 Å². The van der Waals surface area contributed by atoms with Gasteiger partial charge in [0.1, 0.15) is 11.4 Å². The zero-order valence-electron chi connectivity index (χ0n) is 19.0. The van der Waals surface area contributed by atoms with Gasteiger partial charge in [0, 0.05) is 63.2 Å². The summed E-state index contributed by atoms with van der Waals surface area (Å²) in [7, 11) is 1.66. The first-order valence-electron chi connectivity index (χ1n) is 10.9. The molecule has 0 N–H and O–H groups in total. The van der Waals surface area contributed by atoms with E-state index in [4.69, 9.17) is 0 Å². The van der Waals surface area contributed by atoms with Crippen LogP contribution in [0.2, 0.25) is 0 Å². The standard InChI is InChI=1S/C24H27FN4O3S/c1-4-27-15-19(24(32)26(3)14-17-6-5-11-33-17)23(31)18-12-20(25)22(13-21(18)27)29-9-7-28(8-10-29)16(2)30/h5-6,11-13,15H,4,7-10,14H2,1-3H3. The molecule has 7 nitrogen and oxygen atoms in total. The molecule has 1 aliphatic rings. The van der Waals surface area contributed by atoms with E-state index < -0.39 is 11.2 Å². The summed E-state index contributed by atoms with van der Waals surface area (Å²) in [5.74, 6) is -0.882. The Morgan fingerprint density at radius 2 is 1.91 bits per heavy atom. The number of hydrogen-bond acceptors (Lipinski definition) is 5. The minimum atomic E-state index is -0.505. The SMILES string of the molecule is CCn1cc(C(=O)N(C)Cc2cccs2)c(=O)c2cc(F)c(N3CCN(C(C)=O)CC3)cc21. The highest BCUT2D eigenvalue weighted by Gasteiger charge is 2.24. The van der Waals surface area contributed by atoms with Crippen LogP contribution in [0.25, 0.3) is 10.9 Å². The molecule has 0 aliphatic carbocycles. The average molecular weight is 471 g/mol. The topological polar surface area (TPSA) is 65.9 Å². The Hall–Kier alpha value is -3.20. The van der Waals surface area contributed by atoms with Crippen molar-refractivity contribution in [2.75, 3.05) is 38.1 Å². The van der Waals surface area contributed by atoms with E-state index in [1.807, 2.05) is 33.9 Å². The van der Waals surface area contributed by atoms with Gasteiger partial charge in [0.15, 0.2) is 0 Å². The van der Waals surface area contributed by atoms with Crippen molar-refractivity contribution in [2.24, 2.45) is 0 Å². The fourth-order valence-electron chi connectivity index (χ4n) is 4.23. The Labute approximate surface area is 195 Å². The smallest absolute Gasteiger partial charge is 0.259 e. The highest BCUT2D eigenvalue weighted by atomic mass is 32.1. The molecule has 0 atom stereocenters. The second-order valence-electron chi connectivity index (χ2n) is 8.21. The lowest BCUT2D eigenvalue weighted by Crippen LogP contribution is -2.48. The van der Waals surface area contributed by atoms with Crippen LogP contribution in [0.5, 0.6) is 0 Å². The van der Waals surface area contributed by atoms with Gasteiger partial charge in [0.05, 0.1) is 17.7 Å². The van der Waals surface area contributed by atoms with Crippen molar-refractivity contribution in [1.29, 1.82) is 0 Å². The van der Waals surface area contributed by atoms with E-state index in [1.54, 1.807) is 35.5 Å². The van der Waals surface area contributed by atoms with Crippen LogP contribution < -0.4 is 10.3 Å². The second-order valence-corrected chi connectivity index (χ2v) is 9.24. The Morgan fingerprint density at radius 3 is 2.52 bits per heavy atom. The number of carbonyl (C=O) groups is 2. The maximum absolute atomic E-state index is 15.2. The number of aromatic nitrogens is 1. The fourth-order valence-corrected chi connectivity index (χ4v) is 4.99. The molecule has 0 spiro atoms. The van der Waals surface area contributed by atoms with E-state index in [9.17, 15) is 14.4 Å². The number of pyridine rings is 1. The fraction of sp³-hybridized carbons (Fsp3) is 0.375. The van der Waals surface area contributed by atoms with Gasteiger partial charge in [0.2, 0.25) is 11.3 Å².